The summed E-state index contributed by atoms with van der Waals surface area (Å²) in [6, 6.07) is 1.54. The molecule has 102 valence electrons. The Morgan fingerprint density at radius 1 is 1.50 bits per heavy atom. The largest absolute Gasteiger partial charge is 0.464 e. The number of hydrogen-bond acceptors (Lipinski definition) is 3. The van der Waals surface area contributed by atoms with Crippen LogP contribution in [-0.4, -0.2) is 23.8 Å². The van der Waals surface area contributed by atoms with Gasteiger partial charge in [-0.25, -0.2) is 4.98 Å². The van der Waals surface area contributed by atoms with E-state index in [0.717, 1.165) is 19.0 Å². The lowest BCUT2D eigenvalue weighted by Crippen LogP contribution is -2.31. The van der Waals surface area contributed by atoms with E-state index in [1.54, 1.807) is 0 Å². The van der Waals surface area contributed by atoms with Crippen molar-refractivity contribution in [2.24, 2.45) is 0 Å². The second kappa shape index (κ2) is 6.24. The summed E-state index contributed by atoms with van der Waals surface area (Å²) in [5.41, 5.74) is 0.786. The Hall–Kier alpha value is -1.01. The van der Waals surface area contributed by atoms with E-state index in [4.69, 9.17) is 11.6 Å². The molecule has 0 saturated carbocycles. The van der Waals surface area contributed by atoms with E-state index < -0.39 is 12.3 Å². The van der Waals surface area contributed by atoms with Crippen molar-refractivity contribution in [3.63, 3.8) is 0 Å². The lowest BCUT2D eigenvalue weighted by Gasteiger charge is -2.17. The van der Waals surface area contributed by atoms with Crippen molar-refractivity contribution in [1.29, 1.82) is 0 Å². The van der Waals surface area contributed by atoms with E-state index in [1.807, 2.05) is 6.92 Å². The highest BCUT2D eigenvalue weighted by atomic mass is 35.5. The van der Waals surface area contributed by atoms with Crippen LogP contribution in [0.4, 0.5) is 13.2 Å². The molecule has 1 aromatic heterocycles. The van der Waals surface area contributed by atoms with Crippen LogP contribution in [0.15, 0.2) is 12.3 Å². The number of hydrogen-bond donors (Lipinski definition) is 1. The first-order chi connectivity index (χ1) is 8.34. The highest BCUT2D eigenvalue weighted by Crippen LogP contribution is 2.28. The van der Waals surface area contributed by atoms with Crippen molar-refractivity contribution < 1.29 is 17.9 Å². The smallest absolute Gasteiger partial charge is 0.425 e. The molecule has 0 aliphatic carbocycles. The third-order valence-electron chi connectivity index (χ3n) is 2.19. The second-order valence-electron chi connectivity index (χ2n) is 3.71. The predicted octanol–water partition coefficient (Wildman–Crippen LogP) is 3.17. The van der Waals surface area contributed by atoms with Crippen LogP contribution in [0.2, 0.25) is 5.02 Å². The van der Waals surface area contributed by atoms with Gasteiger partial charge in [0.05, 0.1) is 0 Å². The first kappa shape index (κ1) is 15.0. The summed E-state index contributed by atoms with van der Waals surface area (Å²) in [5.74, 6) is -0.207. The fourth-order valence-corrected chi connectivity index (χ4v) is 1.39. The molecular formula is C11H14ClF3N2O. The molecule has 1 unspecified atom stereocenters. The number of nitrogens with one attached hydrogen (secondary N) is 1. The molecule has 7 heteroatoms. The van der Waals surface area contributed by atoms with Crippen LogP contribution in [0, 0.1) is 0 Å². The molecule has 1 rings (SSSR count). The van der Waals surface area contributed by atoms with Gasteiger partial charge in [0.15, 0.2) is 6.10 Å². The maximum Gasteiger partial charge on any atom is 0.425 e. The Balaban J connectivity index is 2.74. The molecule has 0 aliphatic heterocycles. The Kier molecular flexibility index (Phi) is 5.22. The summed E-state index contributed by atoms with van der Waals surface area (Å²) < 4.78 is 41.6. The van der Waals surface area contributed by atoms with Gasteiger partial charge in [0.1, 0.15) is 5.02 Å². The number of pyridine rings is 1. The normalized spacial score (nSPS) is 13.4. The topological polar surface area (TPSA) is 34.2 Å². The third kappa shape index (κ3) is 4.34. The summed E-state index contributed by atoms with van der Waals surface area (Å²) in [7, 11) is 0. The van der Waals surface area contributed by atoms with Crippen molar-refractivity contribution in [2.75, 3.05) is 6.54 Å². The van der Waals surface area contributed by atoms with Crippen molar-refractivity contribution in [3.05, 3.63) is 22.8 Å². The molecule has 1 aromatic rings. The fraction of sp³-hybridized carbons (Fsp3) is 0.545. The van der Waals surface area contributed by atoms with Crippen molar-refractivity contribution >= 4 is 11.6 Å². The molecule has 0 radical (unpaired) electrons. The number of ether oxygens (including phenoxy) is 1. The van der Waals surface area contributed by atoms with Crippen LogP contribution >= 0.6 is 11.6 Å². The van der Waals surface area contributed by atoms with Gasteiger partial charge in [0.2, 0.25) is 5.88 Å². The molecule has 0 bridgehead atoms. The molecule has 0 aliphatic rings. The zero-order valence-electron chi connectivity index (χ0n) is 10.0. The Morgan fingerprint density at radius 2 is 2.17 bits per heavy atom. The van der Waals surface area contributed by atoms with Gasteiger partial charge in [-0.05, 0) is 25.1 Å². The Morgan fingerprint density at radius 3 is 2.67 bits per heavy atom. The van der Waals surface area contributed by atoms with Gasteiger partial charge in [-0.3, -0.25) is 0 Å². The molecule has 0 amide bonds. The van der Waals surface area contributed by atoms with Gasteiger partial charge in [-0.2, -0.15) is 13.2 Å². The van der Waals surface area contributed by atoms with E-state index in [-0.39, 0.29) is 10.9 Å². The molecule has 1 N–H and O–H groups in total. The number of nitrogens with zero attached hydrogens (tertiary/aromatic N) is 1. The average molecular weight is 283 g/mol. The van der Waals surface area contributed by atoms with E-state index in [9.17, 15) is 13.2 Å². The van der Waals surface area contributed by atoms with Gasteiger partial charge >= 0.3 is 6.18 Å². The fourth-order valence-electron chi connectivity index (χ4n) is 1.15. The molecule has 18 heavy (non-hydrogen) atoms. The molecule has 1 atom stereocenters. The number of halogens is 4. The quantitative estimate of drug-likeness (QED) is 0.901. The summed E-state index contributed by atoms with van der Waals surface area (Å²) in [4.78, 5) is 3.79. The summed E-state index contributed by atoms with van der Waals surface area (Å²) in [6.07, 6.45) is -4.94. The first-order valence-electron chi connectivity index (χ1n) is 5.43. The minimum absolute atomic E-state index is 0.0708. The van der Waals surface area contributed by atoms with Crippen LogP contribution in [0.25, 0.3) is 0 Å². The molecule has 3 nitrogen and oxygen atoms in total. The maximum absolute atomic E-state index is 12.3. The second-order valence-corrected chi connectivity index (χ2v) is 4.12. The highest BCUT2D eigenvalue weighted by molar-refractivity contribution is 6.31. The molecule has 0 spiro atoms. The van der Waals surface area contributed by atoms with Gasteiger partial charge < -0.3 is 10.1 Å². The lowest BCUT2D eigenvalue weighted by atomic mass is 10.3. The first-order valence-corrected chi connectivity index (χ1v) is 5.81. The van der Waals surface area contributed by atoms with Gasteiger partial charge in [0.25, 0.3) is 0 Å². The average Bonchev–Trinajstić information content (AvgIpc) is 2.28. The van der Waals surface area contributed by atoms with Crippen molar-refractivity contribution in [1.82, 2.24) is 10.3 Å². The number of aromatic nitrogens is 1. The third-order valence-corrected chi connectivity index (χ3v) is 2.46. The molecule has 1 heterocycles. The van der Waals surface area contributed by atoms with Gasteiger partial charge in [-0.15, -0.1) is 0 Å². The summed E-state index contributed by atoms with van der Waals surface area (Å²) in [5, 5.41) is 3.13. The SMILES string of the molecule is CCNCc1cnc(OC(C)C(F)(F)F)c(Cl)c1. The highest BCUT2D eigenvalue weighted by Gasteiger charge is 2.38. The number of alkyl halides is 3. The van der Waals surface area contributed by atoms with E-state index in [0.29, 0.717) is 6.54 Å². The van der Waals surface area contributed by atoms with Crippen LogP contribution in [-0.2, 0) is 6.54 Å². The van der Waals surface area contributed by atoms with Crippen LogP contribution < -0.4 is 10.1 Å². The van der Waals surface area contributed by atoms with Crippen molar-refractivity contribution in [3.8, 4) is 5.88 Å². The minimum atomic E-state index is -4.44. The van der Waals surface area contributed by atoms with Crippen LogP contribution in [0.5, 0.6) is 5.88 Å². The van der Waals surface area contributed by atoms with Gasteiger partial charge in [0, 0.05) is 12.7 Å². The predicted molar refractivity (Wildman–Crippen MR) is 62.8 cm³/mol. The standard InChI is InChI=1S/C11H14ClF3N2O/c1-3-16-5-8-4-9(12)10(17-6-8)18-7(2)11(13,14)15/h4,6-7,16H,3,5H2,1-2H3. The zero-order chi connectivity index (χ0) is 13.8. The van der Waals surface area contributed by atoms with Gasteiger partial charge in [-0.1, -0.05) is 18.5 Å². The molecule has 0 saturated heterocycles. The van der Waals surface area contributed by atoms with E-state index in [2.05, 4.69) is 15.0 Å². The molecule has 0 fully saturated rings. The molecular weight excluding hydrogens is 269 g/mol. The van der Waals surface area contributed by atoms with E-state index >= 15 is 0 Å². The summed E-state index contributed by atoms with van der Waals surface area (Å²) >= 11 is 5.82. The maximum atomic E-state index is 12.3. The number of rotatable bonds is 5. The molecule has 0 aromatic carbocycles. The lowest BCUT2D eigenvalue weighted by molar-refractivity contribution is -0.189. The monoisotopic (exact) mass is 282 g/mol. The Bertz CT molecular complexity index is 398. The van der Waals surface area contributed by atoms with Crippen LogP contribution in [0.3, 0.4) is 0 Å². The van der Waals surface area contributed by atoms with E-state index in [1.165, 1.54) is 12.3 Å². The summed E-state index contributed by atoms with van der Waals surface area (Å²) in [6.45, 7) is 4.18. The Labute approximate surface area is 108 Å². The zero-order valence-corrected chi connectivity index (χ0v) is 10.8. The van der Waals surface area contributed by atoms with Crippen LogP contribution in [0.1, 0.15) is 19.4 Å². The van der Waals surface area contributed by atoms with Crippen molar-refractivity contribution in [2.45, 2.75) is 32.7 Å². The minimum Gasteiger partial charge on any atom is -0.464 e.